The SMILES string of the molecule is COC(=O)C1=C(C)N(c2ccccc2)/C(=C/c2ccc([N+](=O)[O-])cc2)C1=O. The first kappa shape index (κ1) is 18.1. The predicted octanol–water partition coefficient (Wildman–Crippen LogP) is 3.47. The van der Waals surface area contributed by atoms with Gasteiger partial charge in [0.1, 0.15) is 5.57 Å². The number of Topliss-reactive ketones (excluding diaryl/α,β-unsaturated/α-hetero) is 1. The average molecular weight is 364 g/mol. The van der Waals surface area contributed by atoms with Gasteiger partial charge >= 0.3 is 5.97 Å². The summed E-state index contributed by atoms with van der Waals surface area (Å²) < 4.78 is 4.75. The summed E-state index contributed by atoms with van der Waals surface area (Å²) >= 11 is 0. The van der Waals surface area contributed by atoms with E-state index < -0.39 is 16.7 Å². The van der Waals surface area contributed by atoms with Crippen molar-refractivity contribution in [2.24, 2.45) is 0 Å². The fourth-order valence-electron chi connectivity index (χ4n) is 2.92. The van der Waals surface area contributed by atoms with Crippen LogP contribution >= 0.6 is 0 Å². The number of hydrogen-bond acceptors (Lipinski definition) is 6. The first-order valence-electron chi connectivity index (χ1n) is 8.09. The highest BCUT2D eigenvalue weighted by Gasteiger charge is 2.38. The number of para-hydroxylation sites is 1. The summed E-state index contributed by atoms with van der Waals surface area (Å²) in [6.07, 6.45) is 1.60. The Morgan fingerprint density at radius 3 is 2.30 bits per heavy atom. The lowest BCUT2D eigenvalue weighted by Gasteiger charge is -2.21. The Morgan fingerprint density at radius 1 is 1.11 bits per heavy atom. The van der Waals surface area contributed by atoms with E-state index >= 15 is 0 Å². The second-order valence-electron chi connectivity index (χ2n) is 5.83. The molecule has 2 aromatic carbocycles. The highest BCUT2D eigenvalue weighted by molar-refractivity contribution is 6.30. The molecule has 7 heteroatoms. The number of carbonyl (C=O) groups is 2. The molecule has 1 aliphatic heterocycles. The van der Waals surface area contributed by atoms with Gasteiger partial charge in [-0.2, -0.15) is 0 Å². The van der Waals surface area contributed by atoms with Crippen molar-refractivity contribution >= 4 is 29.2 Å². The van der Waals surface area contributed by atoms with Gasteiger partial charge in [-0.05, 0) is 42.8 Å². The van der Waals surface area contributed by atoms with Gasteiger partial charge in [0.2, 0.25) is 5.78 Å². The summed E-state index contributed by atoms with van der Waals surface area (Å²) in [6.45, 7) is 1.67. The number of ketones is 1. The maximum Gasteiger partial charge on any atom is 0.343 e. The zero-order chi connectivity index (χ0) is 19.6. The molecule has 0 aliphatic carbocycles. The van der Waals surface area contributed by atoms with Crippen LogP contribution in [0.5, 0.6) is 0 Å². The van der Waals surface area contributed by atoms with E-state index in [-0.39, 0.29) is 17.0 Å². The van der Waals surface area contributed by atoms with E-state index in [1.165, 1.54) is 19.2 Å². The number of non-ortho nitro benzene ring substituents is 1. The van der Waals surface area contributed by atoms with Crippen LogP contribution in [-0.2, 0) is 14.3 Å². The van der Waals surface area contributed by atoms with Crippen LogP contribution in [0.1, 0.15) is 12.5 Å². The number of anilines is 1. The van der Waals surface area contributed by atoms with Crippen molar-refractivity contribution in [2.75, 3.05) is 12.0 Å². The molecule has 0 spiro atoms. The van der Waals surface area contributed by atoms with Crippen molar-refractivity contribution < 1.29 is 19.2 Å². The topological polar surface area (TPSA) is 89.8 Å². The average Bonchev–Trinajstić information content (AvgIpc) is 2.92. The second-order valence-corrected chi connectivity index (χ2v) is 5.83. The molecular weight excluding hydrogens is 348 g/mol. The molecule has 0 aromatic heterocycles. The second kappa shape index (κ2) is 7.25. The first-order chi connectivity index (χ1) is 12.9. The highest BCUT2D eigenvalue weighted by atomic mass is 16.6. The van der Waals surface area contributed by atoms with Crippen LogP contribution in [0.15, 0.2) is 71.6 Å². The van der Waals surface area contributed by atoms with Gasteiger partial charge in [0, 0.05) is 23.5 Å². The number of allylic oxidation sites excluding steroid dienone is 2. The van der Waals surface area contributed by atoms with E-state index in [0.717, 1.165) is 5.69 Å². The highest BCUT2D eigenvalue weighted by Crippen LogP contribution is 2.35. The van der Waals surface area contributed by atoms with Gasteiger partial charge in [0.15, 0.2) is 0 Å². The van der Waals surface area contributed by atoms with Gasteiger partial charge in [-0.3, -0.25) is 14.9 Å². The van der Waals surface area contributed by atoms with Crippen LogP contribution in [0.4, 0.5) is 11.4 Å². The third-order valence-corrected chi connectivity index (χ3v) is 4.21. The van der Waals surface area contributed by atoms with Crippen LogP contribution < -0.4 is 4.90 Å². The van der Waals surface area contributed by atoms with E-state index in [4.69, 9.17) is 4.74 Å². The largest absolute Gasteiger partial charge is 0.465 e. The smallest absolute Gasteiger partial charge is 0.343 e. The molecule has 0 N–H and O–H groups in total. The molecule has 0 bridgehead atoms. The fourth-order valence-corrected chi connectivity index (χ4v) is 2.92. The number of esters is 1. The number of carbonyl (C=O) groups excluding carboxylic acids is 2. The van der Waals surface area contributed by atoms with Crippen molar-refractivity contribution in [3.05, 3.63) is 87.2 Å². The van der Waals surface area contributed by atoms with Crippen LogP contribution in [0.3, 0.4) is 0 Å². The van der Waals surface area contributed by atoms with Gasteiger partial charge < -0.3 is 9.64 Å². The minimum atomic E-state index is -0.703. The number of nitro groups is 1. The summed E-state index contributed by atoms with van der Waals surface area (Å²) in [5.74, 6) is -1.16. The Balaban J connectivity index is 2.10. The lowest BCUT2D eigenvalue weighted by Crippen LogP contribution is -2.18. The number of hydrogen-bond donors (Lipinski definition) is 0. The minimum Gasteiger partial charge on any atom is -0.465 e. The van der Waals surface area contributed by atoms with Crippen LogP contribution in [-0.4, -0.2) is 23.8 Å². The molecule has 3 rings (SSSR count). The lowest BCUT2D eigenvalue weighted by atomic mass is 10.1. The van der Waals surface area contributed by atoms with Gasteiger partial charge in [0.25, 0.3) is 5.69 Å². The number of ether oxygens (including phenoxy) is 1. The van der Waals surface area contributed by atoms with Crippen LogP contribution in [0, 0.1) is 10.1 Å². The van der Waals surface area contributed by atoms with E-state index in [1.54, 1.807) is 30.0 Å². The molecule has 0 unspecified atom stereocenters. The van der Waals surface area contributed by atoms with Crippen molar-refractivity contribution in [3.63, 3.8) is 0 Å². The molecule has 27 heavy (non-hydrogen) atoms. The van der Waals surface area contributed by atoms with E-state index in [1.807, 2.05) is 30.3 Å². The minimum absolute atomic E-state index is 0.0329. The Morgan fingerprint density at radius 2 is 1.74 bits per heavy atom. The van der Waals surface area contributed by atoms with E-state index in [0.29, 0.717) is 11.3 Å². The Hall–Kier alpha value is -3.74. The molecule has 7 nitrogen and oxygen atoms in total. The monoisotopic (exact) mass is 364 g/mol. The number of nitrogens with zero attached hydrogens (tertiary/aromatic N) is 2. The van der Waals surface area contributed by atoms with Crippen molar-refractivity contribution in [1.82, 2.24) is 0 Å². The summed E-state index contributed by atoms with van der Waals surface area (Å²) in [7, 11) is 1.22. The molecule has 0 saturated carbocycles. The fraction of sp³-hybridized carbons (Fsp3) is 0.100. The number of nitro benzene ring substituents is 1. The molecule has 0 radical (unpaired) electrons. The summed E-state index contributed by atoms with van der Waals surface area (Å²) in [5.41, 5.74) is 1.98. The van der Waals surface area contributed by atoms with Gasteiger partial charge in [-0.15, -0.1) is 0 Å². The van der Waals surface area contributed by atoms with Gasteiger partial charge in [0.05, 0.1) is 17.7 Å². The quantitative estimate of drug-likeness (QED) is 0.271. The zero-order valence-corrected chi connectivity index (χ0v) is 14.7. The first-order valence-corrected chi connectivity index (χ1v) is 8.09. The summed E-state index contributed by atoms with van der Waals surface area (Å²) in [4.78, 5) is 37.0. The zero-order valence-electron chi connectivity index (χ0n) is 14.7. The van der Waals surface area contributed by atoms with Crippen LogP contribution in [0.2, 0.25) is 0 Å². The maximum atomic E-state index is 12.9. The Bertz CT molecular complexity index is 975. The molecule has 0 atom stereocenters. The maximum absolute atomic E-state index is 12.9. The van der Waals surface area contributed by atoms with Gasteiger partial charge in [-0.1, -0.05) is 18.2 Å². The molecular formula is C20H16N2O5. The number of methoxy groups -OCH3 is 1. The number of benzene rings is 2. The van der Waals surface area contributed by atoms with Crippen molar-refractivity contribution in [3.8, 4) is 0 Å². The third-order valence-electron chi connectivity index (χ3n) is 4.21. The predicted molar refractivity (Wildman–Crippen MR) is 99.7 cm³/mol. The van der Waals surface area contributed by atoms with Crippen molar-refractivity contribution in [1.29, 1.82) is 0 Å². The van der Waals surface area contributed by atoms with E-state index in [9.17, 15) is 19.7 Å². The van der Waals surface area contributed by atoms with Crippen molar-refractivity contribution in [2.45, 2.75) is 6.92 Å². The molecule has 0 fully saturated rings. The lowest BCUT2D eigenvalue weighted by molar-refractivity contribution is -0.384. The number of rotatable bonds is 4. The molecule has 1 aliphatic rings. The van der Waals surface area contributed by atoms with E-state index in [2.05, 4.69) is 0 Å². The Labute approximate surface area is 155 Å². The summed E-state index contributed by atoms with van der Waals surface area (Å²) in [5, 5.41) is 10.8. The molecule has 2 aromatic rings. The standard InChI is InChI=1S/C20H16N2O5/c1-13-18(20(24)27-2)19(23)17(21(13)15-6-4-3-5-7-15)12-14-8-10-16(11-9-14)22(25)26/h3-12H,1-2H3/b17-12+. The molecule has 1 heterocycles. The molecule has 0 saturated heterocycles. The van der Waals surface area contributed by atoms with Crippen LogP contribution in [0.25, 0.3) is 6.08 Å². The molecule has 136 valence electrons. The normalized spacial score (nSPS) is 15.4. The van der Waals surface area contributed by atoms with Gasteiger partial charge in [-0.25, -0.2) is 4.79 Å². The molecule has 0 amide bonds. The summed E-state index contributed by atoms with van der Waals surface area (Å²) in [6, 6.07) is 15.0. The third kappa shape index (κ3) is 3.35. The Kier molecular flexibility index (Phi) is 4.85.